The van der Waals surface area contributed by atoms with Crippen LogP contribution in [-0.2, 0) is 11.3 Å². The molecule has 1 aromatic heterocycles. The van der Waals surface area contributed by atoms with E-state index in [9.17, 15) is 4.79 Å². The van der Waals surface area contributed by atoms with Crippen LogP contribution in [0.4, 0.5) is 5.82 Å². The number of carbonyl (C=O) groups is 1. The van der Waals surface area contributed by atoms with Crippen molar-refractivity contribution in [3.63, 3.8) is 0 Å². The zero-order chi connectivity index (χ0) is 23.1. The van der Waals surface area contributed by atoms with Gasteiger partial charge in [-0.2, -0.15) is 4.99 Å². The van der Waals surface area contributed by atoms with Crippen molar-refractivity contribution in [2.24, 2.45) is 4.99 Å². The Hall–Kier alpha value is -3.39. The molecule has 1 aliphatic heterocycles. The van der Waals surface area contributed by atoms with Crippen LogP contribution in [0, 0.1) is 0 Å². The second kappa shape index (κ2) is 10.8. The molecule has 0 aliphatic carbocycles. The summed E-state index contributed by atoms with van der Waals surface area (Å²) in [6, 6.07) is 3.87. The predicted octanol–water partition coefficient (Wildman–Crippen LogP) is 2.92. The zero-order valence-corrected chi connectivity index (χ0v) is 19.2. The van der Waals surface area contributed by atoms with Gasteiger partial charge in [-0.1, -0.05) is 24.8 Å². The van der Waals surface area contributed by atoms with Crippen molar-refractivity contribution in [3.8, 4) is 11.5 Å². The van der Waals surface area contributed by atoms with Crippen molar-refractivity contribution in [2.45, 2.75) is 19.9 Å². The molecule has 32 heavy (non-hydrogen) atoms. The van der Waals surface area contributed by atoms with Gasteiger partial charge >= 0.3 is 0 Å². The molecule has 0 spiro atoms. The fraction of sp³-hybridized carbons (Fsp3) is 0.375. The van der Waals surface area contributed by atoms with Crippen molar-refractivity contribution in [1.82, 2.24) is 14.5 Å². The van der Waals surface area contributed by atoms with E-state index >= 15 is 0 Å². The Bertz CT molecular complexity index is 1130. The average Bonchev–Trinajstić information content (AvgIpc) is 3.27. The van der Waals surface area contributed by atoms with Crippen molar-refractivity contribution in [1.29, 1.82) is 0 Å². The molecule has 1 N–H and O–H groups in total. The van der Waals surface area contributed by atoms with E-state index in [-0.39, 0.29) is 5.91 Å². The van der Waals surface area contributed by atoms with E-state index in [2.05, 4.69) is 21.8 Å². The summed E-state index contributed by atoms with van der Waals surface area (Å²) in [6.07, 6.45) is 7.62. The van der Waals surface area contributed by atoms with Gasteiger partial charge in [-0.3, -0.25) is 9.36 Å². The van der Waals surface area contributed by atoms with E-state index in [1.54, 1.807) is 38.3 Å². The number of anilines is 1. The molecule has 1 aliphatic rings. The Morgan fingerprint density at radius 3 is 2.91 bits per heavy atom. The summed E-state index contributed by atoms with van der Waals surface area (Å²) in [5, 5.41) is 4.27. The normalized spacial score (nSPS) is 14.2. The van der Waals surface area contributed by atoms with Gasteiger partial charge < -0.3 is 19.7 Å². The van der Waals surface area contributed by atoms with Crippen molar-refractivity contribution < 1.29 is 14.3 Å². The number of carbonyl (C=O) groups excluding carboxylic acids is 1. The number of ether oxygens (including phenoxy) is 2. The molecule has 1 aromatic carbocycles. The molecule has 8 heteroatoms. The van der Waals surface area contributed by atoms with Crippen molar-refractivity contribution in [3.05, 3.63) is 54.2 Å². The van der Waals surface area contributed by atoms with Crippen LogP contribution < -0.4 is 20.4 Å². The number of hydrogen-bond acceptors (Lipinski definition) is 6. The minimum atomic E-state index is -0.367. The number of rotatable bonds is 9. The predicted molar refractivity (Wildman–Crippen MR) is 127 cm³/mol. The Morgan fingerprint density at radius 2 is 2.22 bits per heavy atom. The van der Waals surface area contributed by atoms with E-state index < -0.39 is 0 Å². The molecule has 2 aromatic rings. The quantitative estimate of drug-likeness (QED) is 0.369. The van der Waals surface area contributed by atoms with Crippen LogP contribution >= 0.6 is 0 Å². The lowest BCUT2D eigenvalue weighted by Gasteiger charge is -2.15. The highest BCUT2D eigenvalue weighted by Crippen LogP contribution is 2.37. The van der Waals surface area contributed by atoms with Gasteiger partial charge in [0.05, 0.1) is 13.7 Å². The van der Waals surface area contributed by atoms with Crippen molar-refractivity contribution >= 4 is 22.6 Å². The minimum Gasteiger partial charge on any atom is -0.491 e. The van der Waals surface area contributed by atoms with E-state index in [0.717, 1.165) is 30.7 Å². The molecular formula is C24H31N5O3. The molecule has 2 heterocycles. The van der Waals surface area contributed by atoms with Gasteiger partial charge in [0, 0.05) is 30.6 Å². The van der Waals surface area contributed by atoms with E-state index in [0.29, 0.717) is 41.4 Å². The SMILES string of the molecule is C=C/C=C\C(=C/C)C(=O)N=c1nc2c(OC)c(OCCCN(C)C)ccc2c2n1CCN2. The summed E-state index contributed by atoms with van der Waals surface area (Å²) in [4.78, 5) is 23.9. The molecule has 0 bridgehead atoms. The van der Waals surface area contributed by atoms with Gasteiger partial charge in [-0.15, -0.1) is 0 Å². The van der Waals surface area contributed by atoms with E-state index in [4.69, 9.17) is 14.5 Å². The molecule has 0 fully saturated rings. The van der Waals surface area contributed by atoms with Crippen LogP contribution in [0.3, 0.4) is 0 Å². The molecule has 0 saturated heterocycles. The number of hydrogen-bond donors (Lipinski definition) is 1. The number of nitrogens with zero attached hydrogens (tertiary/aromatic N) is 4. The molecule has 0 unspecified atom stereocenters. The van der Waals surface area contributed by atoms with Crippen molar-refractivity contribution in [2.75, 3.05) is 46.2 Å². The second-order valence-corrected chi connectivity index (χ2v) is 7.59. The van der Waals surface area contributed by atoms with E-state index in [1.807, 2.05) is 30.8 Å². The topological polar surface area (TPSA) is 81.0 Å². The van der Waals surface area contributed by atoms with Gasteiger partial charge in [0.1, 0.15) is 11.3 Å². The molecule has 0 atom stereocenters. The summed E-state index contributed by atoms with van der Waals surface area (Å²) in [6.45, 7) is 8.34. The molecule has 170 valence electrons. The number of nitrogens with one attached hydrogen (secondary N) is 1. The minimum absolute atomic E-state index is 0.330. The number of fused-ring (bicyclic) bond motifs is 3. The fourth-order valence-electron chi connectivity index (χ4n) is 3.53. The van der Waals surface area contributed by atoms with Gasteiger partial charge in [0.25, 0.3) is 5.91 Å². The van der Waals surface area contributed by atoms with Crippen LogP contribution in [0.15, 0.2) is 53.6 Å². The van der Waals surface area contributed by atoms with Gasteiger partial charge in [-0.25, -0.2) is 4.98 Å². The molecular weight excluding hydrogens is 406 g/mol. The third kappa shape index (κ3) is 5.08. The van der Waals surface area contributed by atoms with Gasteiger partial charge in [0.2, 0.25) is 5.62 Å². The maximum absolute atomic E-state index is 12.8. The molecule has 3 rings (SSSR count). The monoisotopic (exact) mass is 437 g/mol. The van der Waals surface area contributed by atoms with Gasteiger partial charge in [-0.05, 0) is 45.6 Å². The number of methoxy groups -OCH3 is 1. The summed E-state index contributed by atoms with van der Waals surface area (Å²) >= 11 is 0. The Balaban J connectivity index is 2.07. The standard InChI is InChI=1S/C24H31N5O3/c1-6-8-10-17(7-2)23(30)27-24-26-20-18(22-25-13-15-29(22)24)11-12-19(21(20)31-5)32-16-9-14-28(3)4/h6-8,10-12,25H,1,9,13-16H2,2-5H3/b10-8-,17-7+,27-24?. The third-order valence-corrected chi connectivity index (χ3v) is 5.08. The Kier molecular flexibility index (Phi) is 7.83. The lowest BCUT2D eigenvalue weighted by atomic mass is 10.2. The molecule has 8 nitrogen and oxygen atoms in total. The average molecular weight is 438 g/mol. The fourth-order valence-corrected chi connectivity index (χ4v) is 3.53. The Morgan fingerprint density at radius 1 is 1.41 bits per heavy atom. The van der Waals surface area contributed by atoms with Crippen LogP contribution in [0.1, 0.15) is 13.3 Å². The van der Waals surface area contributed by atoms with E-state index in [1.165, 1.54) is 0 Å². The Labute approximate surface area is 188 Å². The molecule has 1 amide bonds. The van der Waals surface area contributed by atoms with Crippen LogP contribution in [0.25, 0.3) is 10.9 Å². The summed E-state index contributed by atoms with van der Waals surface area (Å²) in [5.74, 6) is 1.65. The highest BCUT2D eigenvalue weighted by atomic mass is 16.5. The third-order valence-electron chi connectivity index (χ3n) is 5.08. The first-order valence-corrected chi connectivity index (χ1v) is 10.7. The zero-order valence-electron chi connectivity index (χ0n) is 19.2. The molecule has 0 radical (unpaired) electrons. The second-order valence-electron chi connectivity index (χ2n) is 7.59. The highest BCUT2D eigenvalue weighted by molar-refractivity contribution is 5.97. The van der Waals surface area contributed by atoms with Crippen LogP contribution in [0.5, 0.6) is 11.5 Å². The van der Waals surface area contributed by atoms with Crippen LogP contribution in [0.2, 0.25) is 0 Å². The number of aromatic nitrogens is 2. The maximum atomic E-state index is 12.8. The number of allylic oxidation sites excluding steroid dienone is 3. The maximum Gasteiger partial charge on any atom is 0.279 e. The lowest BCUT2D eigenvalue weighted by Crippen LogP contribution is -2.25. The summed E-state index contributed by atoms with van der Waals surface area (Å²) < 4.78 is 13.6. The largest absolute Gasteiger partial charge is 0.491 e. The first-order valence-electron chi connectivity index (χ1n) is 10.7. The highest BCUT2D eigenvalue weighted by Gasteiger charge is 2.20. The smallest absolute Gasteiger partial charge is 0.279 e. The number of benzene rings is 1. The summed E-state index contributed by atoms with van der Waals surface area (Å²) in [5.41, 5.74) is 1.41. The summed E-state index contributed by atoms with van der Waals surface area (Å²) in [7, 11) is 5.66. The first-order chi connectivity index (χ1) is 15.5. The molecule has 0 saturated carbocycles. The number of amides is 1. The lowest BCUT2D eigenvalue weighted by molar-refractivity contribution is -0.114. The van der Waals surface area contributed by atoms with Crippen LogP contribution in [-0.4, -0.2) is 61.3 Å². The first kappa shape index (κ1) is 23.3. The van der Waals surface area contributed by atoms with Gasteiger partial charge in [0.15, 0.2) is 11.5 Å².